The van der Waals surface area contributed by atoms with E-state index in [9.17, 15) is 4.79 Å². The fourth-order valence-electron chi connectivity index (χ4n) is 5.47. The average molecular weight is 540 g/mol. The molecule has 2 aromatic heterocycles. The standard InChI is InChI=1S/C29H26BrN5O/c30-24-2-1-3-26-27(24)32-28(35(26)17-18-12-13-34(16-18)29(36)21-8-9-21)20-6-4-19(5-7-20)22-10-11-23-15-31-33-25(23)14-22/h1-7,10-11,14-15,18,21H,8-9,12-13,16-17H2,(H,31,33)/t18-/m0/s1. The largest absolute Gasteiger partial charge is 0.342 e. The Morgan fingerprint density at radius 2 is 1.81 bits per heavy atom. The highest BCUT2D eigenvalue weighted by Gasteiger charge is 2.36. The van der Waals surface area contributed by atoms with Gasteiger partial charge in [0.15, 0.2) is 0 Å². The number of hydrogen-bond donors (Lipinski definition) is 1. The molecule has 3 aromatic carbocycles. The number of H-pyrrole nitrogens is 1. The number of halogens is 1. The van der Waals surface area contributed by atoms with Crippen molar-refractivity contribution in [3.05, 3.63) is 71.3 Å². The molecule has 0 radical (unpaired) electrons. The van der Waals surface area contributed by atoms with Gasteiger partial charge in [0.05, 0.1) is 17.2 Å². The van der Waals surface area contributed by atoms with Crippen LogP contribution in [-0.4, -0.2) is 43.6 Å². The van der Waals surface area contributed by atoms with Crippen LogP contribution >= 0.6 is 15.9 Å². The minimum absolute atomic E-state index is 0.289. The lowest BCUT2D eigenvalue weighted by Gasteiger charge is -2.18. The van der Waals surface area contributed by atoms with Crippen molar-refractivity contribution < 1.29 is 4.79 Å². The van der Waals surface area contributed by atoms with Crippen LogP contribution in [0.1, 0.15) is 19.3 Å². The molecular weight excluding hydrogens is 514 g/mol. The number of carbonyl (C=O) groups excluding carboxylic acids is 1. The van der Waals surface area contributed by atoms with Crippen LogP contribution in [0.15, 0.2) is 71.3 Å². The van der Waals surface area contributed by atoms with E-state index in [0.717, 1.165) is 87.8 Å². The molecule has 1 N–H and O–H groups in total. The van der Waals surface area contributed by atoms with Gasteiger partial charge in [-0.2, -0.15) is 5.10 Å². The van der Waals surface area contributed by atoms with Gasteiger partial charge in [0.1, 0.15) is 11.3 Å². The lowest BCUT2D eigenvalue weighted by atomic mass is 10.0. The molecule has 180 valence electrons. The number of imidazole rings is 1. The Bertz CT molecular complexity index is 1600. The van der Waals surface area contributed by atoms with Crippen molar-refractivity contribution in [2.45, 2.75) is 25.8 Å². The number of para-hydroxylation sites is 1. The highest BCUT2D eigenvalue weighted by Crippen LogP contribution is 2.35. The first-order chi connectivity index (χ1) is 17.6. The summed E-state index contributed by atoms with van der Waals surface area (Å²) in [7, 11) is 0. The second kappa shape index (κ2) is 8.59. The molecule has 1 atom stereocenters. The van der Waals surface area contributed by atoms with E-state index >= 15 is 0 Å². The quantitative estimate of drug-likeness (QED) is 0.286. The Hall–Kier alpha value is -3.45. The third-order valence-corrected chi connectivity index (χ3v) is 8.25. The van der Waals surface area contributed by atoms with Crippen LogP contribution in [0.4, 0.5) is 0 Å². The molecule has 1 aliphatic carbocycles. The van der Waals surface area contributed by atoms with E-state index in [4.69, 9.17) is 4.98 Å². The molecular formula is C29H26BrN5O. The van der Waals surface area contributed by atoms with E-state index in [-0.39, 0.29) is 5.92 Å². The van der Waals surface area contributed by atoms with Gasteiger partial charge in [-0.15, -0.1) is 0 Å². The fraction of sp³-hybridized carbons (Fsp3) is 0.276. The van der Waals surface area contributed by atoms with Gasteiger partial charge in [-0.05, 0) is 70.4 Å². The van der Waals surface area contributed by atoms with Gasteiger partial charge < -0.3 is 9.47 Å². The predicted molar refractivity (Wildman–Crippen MR) is 145 cm³/mol. The number of carbonyl (C=O) groups is 1. The first-order valence-corrected chi connectivity index (χ1v) is 13.4. The lowest BCUT2D eigenvalue weighted by Crippen LogP contribution is -2.30. The van der Waals surface area contributed by atoms with Gasteiger partial charge in [-0.25, -0.2) is 4.98 Å². The molecule has 0 unspecified atom stereocenters. The molecule has 1 amide bonds. The summed E-state index contributed by atoms with van der Waals surface area (Å²) in [6.45, 7) is 2.58. The number of aromatic amines is 1. The monoisotopic (exact) mass is 539 g/mol. The zero-order chi connectivity index (χ0) is 24.2. The topological polar surface area (TPSA) is 66.8 Å². The van der Waals surface area contributed by atoms with Crippen LogP contribution < -0.4 is 0 Å². The van der Waals surface area contributed by atoms with Crippen molar-refractivity contribution in [3.63, 3.8) is 0 Å². The van der Waals surface area contributed by atoms with Crippen LogP contribution in [0, 0.1) is 11.8 Å². The third-order valence-electron chi connectivity index (χ3n) is 7.61. The van der Waals surface area contributed by atoms with Crippen molar-refractivity contribution in [2.24, 2.45) is 11.8 Å². The first-order valence-electron chi connectivity index (χ1n) is 12.6. The van der Waals surface area contributed by atoms with E-state index in [0.29, 0.717) is 11.8 Å². The van der Waals surface area contributed by atoms with E-state index < -0.39 is 0 Å². The molecule has 5 aromatic rings. The van der Waals surface area contributed by atoms with Crippen molar-refractivity contribution in [3.8, 4) is 22.5 Å². The summed E-state index contributed by atoms with van der Waals surface area (Å²) < 4.78 is 3.35. The summed E-state index contributed by atoms with van der Waals surface area (Å²) in [6, 6.07) is 21.3. The Morgan fingerprint density at radius 3 is 2.64 bits per heavy atom. The summed E-state index contributed by atoms with van der Waals surface area (Å²) in [4.78, 5) is 19.8. The number of hydrogen-bond acceptors (Lipinski definition) is 3. The summed E-state index contributed by atoms with van der Waals surface area (Å²) in [6.07, 6.45) is 5.02. The predicted octanol–water partition coefficient (Wildman–Crippen LogP) is 6.27. The molecule has 6 nitrogen and oxygen atoms in total. The van der Waals surface area contributed by atoms with Crippen molar-refractivity contribution >= 4 is 43.8 Å². The van der Waals surface area contributed by atoms with Crippen molar-refractivity contribution in [1.82, 2.24) is 24.6 Å². The molecule has 7 rings (SSSR count). The maximum absolute atomic E-state index is 12.6. The number of benzene rings is 3. The molecule has 1 aliphatic heterocycles. The van der Waals surface area contributed by atoms with E-state index in [1.54, 1.807) is 0 Å². The van der Waals surface area contributed by atoms with Crippen LogP contribution in [0.2, 0.25) is 0 Å². The minimum atomic E-state index is 0.289. The van der Waals surface area contributed by atoms with E-state index in [1.165, 1.54) is 0 Å². The average Bonchev–Trinajstić information content (AvgIpc) is 3.30. The number of amides is 1. The Labute approximate surface area is 217 Å². The number of fused-ring (bicyclic) bond motifs is 2. The molecule has 2 aliphatic rings. The van der Waals surface area contributed by atoms with Gasteiger partial charge in [0, 0.05) is 41.0 Å². The number of likely N-dealkylation sites (tertiary alicyclic amines) is 1. The number of nitrogens with zero attached hydrogens (tertiary/aromatic N) is 4. The number of nitrogens with one attached hydrogen (secondary N) is 1. The third kappa shape index (κ3) is 3.82. The molecule has 1 saturated carbocycles. The number of aromatic nitrogens is 4. The molecule has 7 heteroatoms. The van der Waals surface area contributed by atoms with E-state index in [2.05, 4.69) is 90.2 Å². The Balaban J connectivity index is 1.22. The zero-order valence-electron chi connectivity index (χ0n) is 19.8. The Morgan fingerprint density at radius 1 is 1.00 bits per heavy atom. The molecule has 0 bridgehead atoms. The van der Waals surface area contributed by atoms with Gasteiger partial charge in [0.25, 0.3) is 0 Å². The summed E-state index contributed by atoms with van der Waals surface area (Å²) in [5, 5.41) is 8.30. The summed E-state index contributed by atoms with van der Waals surface area (Å²) in [5.41, 5.74) is 6.54. The van der Waals surface area contributed by atoms with Crippen LogP contribution in [-0.2, 0) is 11.3 Å². The second-order valence-electron chi connectivity index (χ2n) is 10.1. The van der Waals surface area contributed by atoms with Gasteiger partial charge in [0.2, 0.25) is 5.91 Å². The van der Waals surface area contributed by atoms with Crippen LogP contribution in [0.3, 0.4) is 0 Å². The molecule has 2 fully saturated rings. The summed E-state index contributed by atoms with van der Waals surface area (Å²) in [5.74, 6) is 2.05. The minimum Gasteiger partial charge on any atom is -0.342 e. The van der Waals surface area contributed by atoms with Crippen molar-refractivity contribution in [1.29, 1.82) is 0 Å². The Kier molecular flexibility index (Phi) is 5.20. The normalized spacial score (nSPS) is 17.9. The van der Waals surface area contributed by atoms with Crippen molar-refractivity contribution in [2.75, 3.05) is 13.1 Å². The molecule has 0 spiro atoms. The van der Waals surface area contributed by atoms with Gasteiger partial charge >= 0.3 is 0 Å². The molecule has 3 heterocycles. The smallest absolute Gasteiger partial charge is 0.225 e. The molecule has 36 heavy (non-hydrogen) atoms. The second-order valence-corrected chi connectivity index (χ2v) is 11.0. The zero-order valence-corrected chi connectivity index (χ0v) is 21.4. The number of rotatable bonds is 5. The van der Waals surface area contributed by atoms with Gasteiger partial charge in [-0.1, -0.05) is 42.5 Å². The van der Waals surface area contributed by atoms with E-state index in [1.807, 2.05) is 12.3 Å². The first kappa shape index (κ1) is 21.8. The fourth-order valence-corrected chi connectivity index (χ4v) is 5.92. The van der Waals surface area contributed by atoms with Crippen LogP contribution in [0.5, 0.6) is 0 Å². The maximum Gasteiger partial charge on any atom is 0.225 e. The highest BCUT2D eigenvalue weighted by atomic mass is 79.9. The van der Waals surface area contributed by atoms with Crippen LogP contribution in [0.25, 0.3) is 44.5 Å². The molecule has 1 saturated heterocycles. The van der Waals surface area contributed by atoms with Gasteiger partial charge in [-0.3, -0.25) is 9.89 Å². The lowest BCUT2D eigenvalue weighted by molar-refractivity contribution is -0.131. The summed E-state index contributed by atoms with van der Waals surface area (Å²) >= 11 is 3.70. The maximum atomic E-state index is 12.6. The SMILES string of the molecule is O=C(C1CC1)N1CC[C@H](Cn2c(-c3ccc(-c4ccc5cn[nH]c5c4)cc3)nc3c(Br)cccc32)C1. The highest BCUT2D eigenvalue weighted by molar-refractivity contribution is 9.10.